The van der Waals surface area contributed by atoms with Crippen LogP contribution in [0, 0.1) is 0 Å². The fourth-order valence-electron chi connectivity index (χ4n) is 0.867. The van der Waals surface area contributed by atoms with Crippen LogP contribution in [0.3, 0.4) is 0 Å². The maximum absolute atomic E-state index is 12.2. The van der Waals surface area contributed by atoms with Crippen LogP contribution in [0.5, 0.6) is 0 Å². The molecule has 0 radical (unpaired) electrons. The summed E-state index contributed by atoms with van der Waals surface area (Å²) in [4.78, 5) is 1.64. The minimum atomic E-state index is -2.54. The second-order valence-electron chi connectivity index (χ2n) is 2.96. The molecule has 1 heterocycles. The van der Waals surface area contributed by atoms with Crippen molar-refractivity contribution in [3.05, 3.63) is 0 Å². The van der Waals surface area contributed by atoms with E-state index in [0.29, 0.717) is 0 Å². The molecule has 0 aromatic rings. The molecule has 0 N–H and O–H groups in total. The molecule has 0 unspecified atom stereocenters. The normalized spacial score (nSPS) is 22.0. The topological polar surface area (TPSA) is 18.8 Å². The third-order valence-electron chi connectivity index (χ3n) is 1.96. The quantitative estimate of drug-likeness (QED) is 0.540. The van der Waals surface area contributed by atoms with Crippen molar-refractivity contribution >= 4 is 6.34 Å². The van der Waals surface area contributed by atoms with Crippen LogP contribution < -0.4 is 0 Å². The minimum absolute atomic E-state index is 0.714. The molecule has 0 aromatic carbocycles. The van der Waals surface area contributed by atoms with Gasteiger partial charge in [-0.2, -0.15) is 13.9 Å². The number of halogens is 2. The Bertz CT molecular complexity index is 179. The van der Waals surface area contributed by atoms with E-state index in [2.05, 4.69) is 5.10 Å². The summed E-state index contributed by atoms with van der Waals surface area (Å²) in [7, 11) is 1.71. The first-order chi connectivity index (χ1) is 4.96. The van der Waals surface area contributed by atoms with Crippen LogP contribution in [-0.4, -0.2) is 35.5 Å². The largest absolute Gasteiger partial charge is 0.340 e. The Morgan fingerprint density at radius 2 is 2.00 bits per heavy atom. The van der Waals surface area contributed by atoms with Gasteiger partial charge in [0.2, 0.25) is 0 Å². The zero-order valence-electron chi connectivity index (χ0n) is 6.75. The molecule has 0 atom stereocenters. The first-order valence-electron chi connectivity index (χ1n) is 3.31. The van der Waals surface area contributed by atoms with Crippen LogP contribution >= 0.6 is 0 Å². The maximum Gasteiger partial charge on any atom is 0.331 e. The molecule has 0 amide bonds. The van der Waals surface area contributed by atoms with E-state index in [1.165, 1.54) is 6.34 Å². The highest BCUT2D eigenvalue weighted by Crippen LogP contribution is 2.25. The van der Waals surface area contributed by atoms with E-state index in [4.69, 9.17) is 0 Å². The lowest BCUT2D eigenvalue weighted by atomic mass is 10.2. The first-order valence-corrected chi connectivity index (χ1v) is 3.31. The molecule has 0 saturated heterocycles. The van der Waals surface area contributed by atoms with Gasteiger partial charge < -0.3 is 4.90 Å². The number of hydrazone groups is 1. The first kappa shape index (κ1) is 8.23. The van der Waals surface area contributed by atoms with Crippen molar-refractivity contribution in [2.75, 3.05) is 7.05 Å². The molecule has 64 valence electrons. The monoisotopic (exact) mass is 163 g/mol. The van der Waals surface area contributed by atoms with Crippen LogP contribution in [0.15, 0.2) is 5.10 Å². The summed E-state index contributed by atoms with van der Waals surface area (Å²) in [5.41, 5.74) is -0.714. The molecule has 1 aliphatic heterocycles. The van der Waals surface area contributed by atoms with Crippen molar-refractivity contribution in [1.82, 2.24) is 9.91 Å². The molecule has 0 aliphatic carbocycles. The van der Waals surface area contributed by atoms with Crippen molar-refractivity contribution < 1.29 is 8.78 Å². The Morgan fingerprint density at radius 1 is 1.45 bits per heavy atom. The summed E-state index contributed by atoms with van der Waals surface area (Å²) >= 11 is 0. The van der Waals surface area contributed by atoms with Gasteiger partial charge in [-0.1, -0.05) is 0 Å². The fraction of sp³-hybridized carbons (Fsp3) is 0.833. The number of hydrogen-bond acceptors (Lipinski definition) is 3. The predicted molar refractivity (Wildman–Crippen MR) is 38.2 cm³/mol. The van der Waals surface area contributed by atoms with Crippen LogP contribution in [0.4, 0.5) is 8.78 Å². The van der Waals surface area contributed by atoms with Crippen molar-refractivity contribution in [1.29, 1.82) is 0 Å². The van der Waals surface area contributed by atoms with Crippen LogP contribution in [0.25, 0.3) is 0 Å². The van der Waals surface area contributed by atoms with E-state index in [1.54, 1.807) is 25.8 Å². The third-order valence-corrected chi connectivity index (χ3v) is 1.96. The third kappa shape index (κ3) is 1.15. The summed E-state index contributed by atoms with van der Waals surface area (Å²) < 4.78 is 24.4. The Kier molecular flexibility index (Phi) is 1.74. The summed E-state index contributed by atoms with van der Waals surface area (Å²) in [5.74, 6) is 0. The van der Waals surface area contributed by atoms with Gasteiger partial charge in [0.1, 0.15) is 12.0 Å². The van der Waals surface area contributed by atoms with Gasteiger partial charge >= 0.3 is 6.55 Å². The lowest BCUT2D eigenvalue weighted by Gasteiger charge is -2.34. The van der Waals surface area contributed by atoms with E-state index in [1.807, 2.05) is 0 Å². The van der Waals surface area contributed by atoms with E-state index >= 15 is 0 Å². The average Bonchev–Trinajstić information content (AvgIpc) is 2.08. The lowest BCUT2D eigenvalue weighted by Crippen LogP contribution is -2.49. The highest BCUT2D eigenvalue weighted by molar-refractivity contribution is 5.57. The molecule has 0 saturated carbocycles. The number of nitrogens with zero attached hydrogens (tertiary/aromatic N) is 3. The molecular formula is C6H11F2N3. The van der Waals surface area contributed by atoms with Crippen molar-refractivity contribution in [2.24, 2.45) is 5.10 Å². The molecule has 1 rings (SSSR count). The fourth-order valence-corrected chi connectivity index (χ4v) is 0.867. The van der Waals surface area contributed by atoms with Gasteiger partial charge in [-0.25, -0.2) is 5.01 Å². The van der Waals surface area contributed by atoms with E-state index in [-0.39, 0.29) is 0 Å². The molecule has 11 heavy (non-hydrogen) atoms. The lowest BCUT2D eigenvalue weighted by molar-refractivity contribution is -0.102. The summed E-state index contributed by atoms with van der Waals surface area (Å²) in [6, 6.07) is 0. The van der Waals surface area contributed by atoms with Gasteiger partial charge in [-0.05, 0) is 13.8 Å². The van der Waals surface area contributed by atoms with Gasteiger partial charge in [0.15, 0.2) is 0 Å². The smallest absolute Gasteiger partial charge is 0.331 e. The van der Waals surface area contributed by atoms with E-state index < -0.39 is 12.2 Å². The highest BCUT2D eigenvalue weighted by atomic mass is 19.3. The molecule has 0 spiro atoms. The van der Waals surface area contributed by atoms with E-state index in [9.17, 15) is 8.78 Å². The zero-order chi connectivity index (χ0) is 8.65. The zero-order valence-corrected chi connectivity index (χ0v) is 6.75. The maximum atomic E-state index is 12.2. The average molecular weight is 163 g/mol. The Labute approximate surface area is 64.3 Å². The molecule has 5 heteroatoms. The van der Waals surface area contributed by atoms with Gasteiger partial charge in [0.25, 0.3) is 0 Å². The van der Waals surface area contributed by atoms with Crippen LogP contribution in [0.1, 0.15) is 13.8 Å². The number of rotatable bonds is 1. The Balaban J connectivity index is 2.78. The van der Waals surface area contributed by atoms with Crippen molar-refractivity contribution in [3.63, 3.8) is 0 Å². The molecule has 0 fully saturated rings. The molecule has 0 aromatic heterocycles. The Hall–Kier alpha value is -0.870. The minimum Gasteiger partial charge on any atom is -0.340 e. The number of alkyl halides is 2. The van der Waals surface area contributed by atoms with Gasteiger partial charge in [-0.15, -0.1) is 0 Å². The Morgan fingerprint density at radius 3 is 2.18 bits per heavy atom. The molecule has 3 nitrogen and oxygen atoms in total. The second kappa shape index (κ2) is 2.32. The standard InChI is InChI=1S/C6H11F2N3/c1-6(2)10(3)4-9-11(6)5(7)8/h4-5H,1-3H3. The second-order valence-corrected chi connectivity index (χ2v) is 2.96. The highest BCUT2D eigenvalue weighted by Gasteiger charge is 2.38. The van der Waals surface area contributed by atoms with Gasteiger partial charge in [-0.3, -0.25) is 0 Å². The van der Waals surface area contributed by atoms with Crippen molar-refractivity contribution in [2.45, 2.75) is 26.1 Å². The van der Waals surface area contributed by atoms with Crippen LogP contribution in [0.2, 0.25) is 0 Å². The van der Waals surface area contributed by atoms with Crippen molar-refractivity contribution in [3.8, 4) is 0 Å². The molecular weight excluding hydrogens is 152 g/mol. The van der Waals surface area contributed by atoms with Crippen LogP contribution in [-0.2, 0) is 0 Å². The van der Waals surface area contributed by atoms with Gasteiger partial charge in [0, 0.05) is 7.05 Å². The summed E-state index contributed by atoms with van der Waals surface area (Å²) in [5, 5.41) is 4.32. The predicted octanol–water partition coefficient (Wildman–Crippen LogP) is 1.14. The summed E-state index contributed by atoms with van der Waals surface area (Å²) in [6.07, 6.45) is 1.40. The van der Waals surface area contributed by atoms with E-state index in [0.717, 1.165) is 5.01 Å². The SMILES string of the molecule is CN1C=NN(C(F)F)C1(C)C. The molecule has 0 bridgehead atoms. The van der Waals surface area contributed by atoms with Gasteiger partial charge in [0.05, 0.1) is 0 Å². The summed E-state index contributed by atoms with van der Waals surface area (Å²) in [6.45, 7) is 0.837. The number of hydrogen-bond donors (Lipinski definition) is 0. The molecule has 1 aliphatic rings.